The van der Waals surface area contributed by atoms with Crippen molar-refractivity contribution in [2.45, 2.75) is 19.1 Å². The van der Waals surface area contributed by atoms with Gasteiger partial charge in [0.25, 0.3) is 0 Å². The Hall–Kier alpha value is -3.26. The number of benzene rings is 3. The number of hydrogen-bond acceptors (Lipinski definition) is 4. The number of halogens is 2. The minimum absolute atomic E-state index is 0.133. The van der Waals surface area contributed by atoms with Gasteiger partial charge in [0.15, 0.2) is 0 Å². The first-order chi connectivity index (χ1) is 18.8. The van der Waals surface area contributed by atoms with Gasteiger partial charge < -0.3 is 5.32 Å². The highest BCUT2D eigenvalue weighted by Crippen LogP contribution is 2.49. The lowest BCUT2D eigenvalue weighted by molar-refractivity contribution is -0.123. The van der Waals surface area contributed by atoms with Gasteiger partial charge >= 0.3 is 0 Å². The van der Waals surface area contributed by atoms with Crippen LogP contribution in [0.4, 0.5) is 5.82 Å². The number of nitrogens with one attached hydrogen (secondary N) is 1. The molecule has 1 atom stereocenters. The Labute approximate surface area is 242 Å². The minimum atomic E-state index is -0.266. The maximum atomic E-state index is 13.7. The number of fused-ring (bicyclic) bond motifs is 1. The van der Waals surface area contributed by atoms with Gasteiger partial charge in [-0.2, -0.15) is 5.10 Å². The van der Waals surface area contributed by atoms with Gasteiger partial charge in [0.1, 0.15) is 12.4 Å². The predicted octanol–water partition coefficient (Wildman–Crippen LogP) is 6.79. The molecule has 5 rings (SSSR count). The molecule has 2 amide bonds. The second-order valence-corrected chi connectivity index (χ2v) is 11.7. The van der Waals surface area contributed by atoms with Crippen LogP contribution in [-0.4, -0.2) is 40.4 Å². The fraction of sp³-hybridized carbons (Fsp3) is 0.233. The zero-order valence-electron chi connectivity index (χ0n) is 21.6. The summed E-state index contributed by atoms with van der Waals surface area (Å²) in [7, 11) is 0. The lowest BCUT2D eigenvalue weighted by atomic mass is 9.99. The summed E-state index contributed by atoms with van der Waals surface area (Å²) in [6, 6.07) is 24.9. The molecule has 0 spiro atoms. The predicted molar refractivity (Wildman–Crippen MR) is 160 cm³/mol. The largest absolute Gasteiger partial charge is 0.354 e. The number of para-hydroxylation sites is 1. The maximum absolute atomic E-state index is 13.7. The van der Waals surface area contributed by atoms with Crippen molar-refractivity contribution in [1.29, 1.82) is 0 Å². The standard InChI is InChI=1S/C30H28Cl2N4O2S/c1-19(2)16-33-25(37)17-35-26(38)18-39-29(21-11-8-12-22(31)15-21)27-28(20-9-4-3-5-10-20)34-36(30(27)35)24-14-7-6-13-23(24)32/h3-15,19,29H,16-18H2,1-2H3,(H,33,37)/t29-/m0/s1. The first-order valence-corrected chi connectivity index (χ1v) is 14.5. The third-order valence-electron chi connectivity index (χ3n) is 6.38. The zero-order valence-corrected chi connectivity index (χ0v) is 23.9. The minimum Gasteiger partial charge on any atom is -0.354 e. The normalized spacial score (nSPS) is 15.3. The van der Waals surface area contributed by atoms with Crippen molar-refractivity contribution < 1.29 is 9.59 Å². The van der Waals surface area contributed by atoms with E-state index in [0.717, 1.165) is 16.7 Å². The number of nitrogens with zero attached hydrogens (tertiary/aromatic N) is 3. The summed E-state index contributed by atoms with van der Waals surface area (Å²) in [6.07, 6.45) is 0. The molecule has 39 heavy (non-hydrogen) atoms. The summed E-state index contributed by atoms with van der Waals surface area (Å²) in [6.45, 7) is 4.44. The van der Waals surface area contributed by atoms with Gasteiger partial charge in [0.05, 0.1) is 27.4 Å². The van der Waals surface area contributed by atoms with Gasteiger partial charge in [-0.15, -0.1) is 11.8 Å². The molecule has 1 aliphatic rings. The molecule has 0 unspecified atom stereocenters. The number of anilines is 1. The summed E-state index contributed by atoms with van der Waals surface area (Å²) >= 11 is 14.6. The zero-order chi connectivity index (χ0) is 27.5. The van der Waals surface area contributed by atoms with Gasteiger partial charge in [-0.05, 0) is 35.7 Å². The Kier molecular flexibility index (Phi) is 8.31. The van der Waals surface area contributed by atoms with E-state index in [1.165, 1.54) is 11.8 Å². The number of amides is 2. The highest BCUT2D eigenvalue weighted by Gasteiger charge is 2.38. The van der Waals surface area contributed by atoms with Crippen molar-refractivity contribution in [2.24, 2.45) is 5.92 Å². The highest BCUT2D eigenvalue weighted by atomic mass is 35.5. The molecule has 1 aromatic heterocycles. The van der Waals surface area contributed by atoms with Crippen LogP contribution >= 0.6 is 35.0 Å². The molecule has 0 radical (unpaired) electrons. The Morgan fingerprint density at radius 3 is 2.51 bits per heavy atom. The van der Waals surface area contributed by atoms with Crippen LogP contribution in [-0.2, 0) is 9.59 Å². The Morgan fingerprint density at radius 2 is 1.79 bits per heavy atom. The number of thioether (sulfide) groups is 1. The molecule has 0 aliphatic carbocycles. The Balaban J connectivity index is 1.78. The first-order valence-electron chi connectivity index (χ1n) is 12.7. The number of rotatable bonds is 7. The highest BCUT2D eigenvalue weighted by molar-refractivity contribution is 8.00. The van der Waals surface area contributed by atoms with E-state index in [0.29, 0.717) is 33.8 Å². The average molecular weight is 580 g/mol. The molecule has 1 N–H and O–H groups in total. The number of carbonyl (C=O) groups excluding carboxylic acids is 2. The van der Waals surface area contributed by atoms with Crippen LogP contribution in [0.3, 0.4) is 0 Å². The van der Waals surface area contributed by atoms with E-state index in [-0.39, 0.29) is 35.3 Å². The lowest BCUT2D eigenvalue weighted by Crippen LogP contribution is -2.43. The van der Waals surface area contributed by atoms with E-state index in [1.54, 1.807) is 15.6 Å². The van der Waals surface area contributed by atoms with Crippen molar-refractivity contribution in [1.82, 2.24) is 15.1 Å². The molecule has 0 fully saturated rings. The Bertz CT molecular complexity index is 1510. The maximum Gasteiger partial charge on any atom is 0.240 e. The second-order valence-electron chi connectivity index (χ2n) is 9.74. The SMILES string of the molecule is CC(C)CNC(=O)CN1C(=O)CS[C@@H](c2cccc(Cl)c2)c2c(-c3ccccc3)nn(-c3ccccc3Cl)c21. The van der Waals surface area contributed by atoms with E-state index in [9.17, 15) is 9.59 Å². The summed E-state index contributed by atoms with van der Waals surface area (Å²) in [5.74, 6) is 0.577. The van der Waals surface area contributed by atoms with Crippen LogP contribution < -0.4 is 10.2 Å². The molecule has 0 saturated carbocycles. The molecule has 0 saturated heterocycles. The number of carbonyl (C=O) groups is 2. The fourth-order valence-electron chi connectivity index (χ4n) is 4.57. The van der Waals surface area contributed by atoms with E-state index in [2.05, 4.69) is 5.32 Å². The van der Waals surface area contributed by atoms with E-state index in [4.69, 9.17) is 28.3 Å². The Morgan fingerprint density at radius 1 is 1.05 bits per heavy atom. The number of hydrogen-bond donors (Lipinski definition) is 1. The molecular weight excluding hydrogens is 551 g/mol. The van der Waals surface area contributed by atoms with Gasteiger partial charge in [0, 0.05) is 22.7 Å². The summed E-state index contributed by atoms with van der Waals surface area (Å²) in [4.78, 5) is 28.4. The fourth-order valence-corrected chi connectivity index (χ4v) is 6.17. The van der Waals surface area contributed by atoms with Crippen molar-refractivity contribution in [3.8, 4) is 16.9 Å². The quantitative estimate of drug-likeness (QED) is 0.262. The van der Waals surface area contributed by atoms with Crippen LogP contribution in [0.2, 0.25) is 10.0 Å². The van der Waals surface area contributed by atoms with Crippen LogP contribution in [0, 0.1) is 5.92 Å². The lowest BCUT2D eigenvalue weighted by Gasteiger charge is -2.23. The van der Waals surface area contributed by atoms with Gasteiger partial charge in [0.2, 0.25) is 11.8 Å². The van der Waals surface area contributed by atoms with E-state index >= 15 is 0 Å². The molecule has 200 valence electrons. The van der Waals surface area contributed by atoms with Crippen molar-refractivity contribution in [2.75, 3.05) is 23.7 Å². The molecule has 4 aromatic rings. The first kappa shape index (κ1) is 27.3. The third kappa shape index (κ3) is 5.86. The topological polar surface area (TPSA) is 67.2 Å². The second kappa shape index (κ2) is 11.9. The van der Waals surface area contributed by atoms with Gasteiger partial charge in [-0.1, -0.05) is 91.6 Å². The monoisotopic (exact) mass is 578 g/mol. The van der Waals surface area contributed by atoms with Crippen LogP contribution in [0.15, 0.2) is 78.9 Å². The molecule has 6 nitrogen and oxygen atoms in total. The molecular formula is C30H28Cl2N4O2S. The van der Waals surface area contributed by atoms with Crippen LogP contribution in [0.25, 0.3) is 16.9 Å². The van der Waals surface area contributed by atoms with Crippen molar-refractivity contribution in [3.05, 3.63) is 100 Å². The van der Waals surface area contributed by atoms with Crippen LogP contribution in [0.5, 0.6) is 0 Å². The number of aromatic nitrogens is 2. The van der Waals surface area contributed by atoms with E-state index < -0.39 is 0 Å². The molecule has 2 heterocycles. The molecule has 3 aromatic carbocycles. The summed E-state index contributed by atoms with van der Waals surface area (Å²) in [5.41, 5.74) is 4.00. The van der Waals surface area contributed by atoms with Crippen molar-refractivity contribution >= 4 is 52.6 Å². The van der Waals surface area contributed by atoms with Gasteiger partial charge in [-0.3, -0.25) is 14.5 Å². The molecule has 1 aliphatic heterocycles. The third-order valence-corrected chi connectivity index (χ3v) is 8.19. The summed E-state index contributed by atoms with van der Waals surface area (Å²) in [5, 5.41) is 8.83. The summed E-state index contributed by atoms with van der Waals surface area (Å²) < 4.78 is 1.71. The average Bonchev–Trinajstić information content (AvgIpc) is 3.24. The smallest absolute Gasteiger partial charge is 0.240 e. The van der Waals surface area contributed by atoms with Crippen molar-refractivity contribution in [3.63, 3.8) is 0 Å². The van der Waals surface area contributed by atoms with Crippen LogP contribution in [0.1, 0.15) is 30.2 Å². The molecule has 9 heteroatoms. The van der Waals surface area contributed by atoms with E-state index in [1.807, 2.05) is 86.6 Å². The van der Waals surface area contributed by atoms with Gasteiger partial charge in [-0.25, -0.2) is 4.68 Å². The molecule has 0 bridgehead atoms.